The van der Waals surface area contributed by atoms with Crippen LogP contribution in [0.2, 0.25) is 0 Å². The second kappa shape index (κ2) is 8.14. The highest BCUT2D eigenvalue weighted by molar-refractivity contribution is 7.89. The van der Waals surface area contributed by atoms with E-state index >= 15 is 0 Å². The Kier molecular flexibility index (Phi) is 5.71. The number of nitrogens with one attached hydrogen (secondary N) is 1. The van der Waals surface area contributed by atoms with E-state index in [1.54, 1.807) is 4.31 Å². The molecule has 6 nitrogen and oxygen atoms in total. The van der Waals surface area contributed by atoms with Crippen molar-refractivity contribution in [1.29, 1.82) is 5.26 Å². The summed E-state index contributed by atoms with van der Waals surface area (Å²) in [5.41, 5.74) is 1.99. The monoisotopic (exact) mass is 443 g/mol. The molecule has 1 N–H and O–H groups in total. The quantitative estimate of drug-likeness (QED) is 0.772. The molecular formula is C22H25N3O3S2. The molecule has 2 aliphatic rings. The molecule has 1 amide bonds. The van der Waals surface area contributed by atoms with Gasteiger partial charge in [-0.05, 0) is 67.3 Å². The molecule has 0 unspecified atom stereocenters. The molecule has 158 valence electrons. The Morgan fingerprint density at radius 3 is 2.47 bits per heavy atom. The first-order valence-electron chi connectivity index (χ1n) is 10.3. The molecular weight excluding hydrogens is 418 g/mol. The van der Waals surface area contributed by atoms with Crippen molar-refractivity contribution in [2.45, 2.75) is 44.4 Å². The molecule has 8 heteroatoms. The first-order chi connectivity index (χ1) is 14.3. The number of aryl methyl sites for hydroxylation is 1. The van der Waals surface area contributed by atoms with Crippen molar-refractivity contribution in [3.63, 3.8) is 0 Å². The topological polar surface area (TPSA) is 90.3 Å². The molecule has 30 heavy (non-hydrogen) atoms. The van der Waals surface area contributed by atoms with Crippen LogP contribution in [0, 0.1) is 23.2 Å². The highest BCUT2D eigenvalue weighted by atomic mass is 32.2. The maximum absolute atomic E-state index is 13.0. The van der Waals surface area contributed by atoms with Crippen LogP contribution in [0.3, 0.4) is 0 Å². The van der Waals surface area contributed by atoms with Gasteiger partial charge in [-0.2, -0.15) is 9.57 Å². The lowest BCUT2D eigenvalue weighted by Crippen LogP contribution is -2.42. The van der Waals surface area contributed by atoms with Gasteiger partial charge in [-0.3, -0.25) is 4.79 Å². The lowest BCUT2D eigenvalue weighted by molar-refractivity contribution is 0.102. The van der Waals surface area contributed by atoms with E-state index in [0.29, 0.717) is 41.1 Å². The fourth-order valence-electron chi connectivity index (χ4n) is 4.52. The molecule has 0 spiro atoms. The van der Waals surface area contributed by atoms with Crippen LogP contribution in [-0.4, -0.2) is 31.7 Å². The van der Waals surface area contributed by atoms with Gasteiger partial charge >= 0.3 is 0 Å². The van der Waals surface area contributed by atoms with Crippen molar-refractivity contribution in [3.8, 4) is 6.07 Å². The average molecular weight is 444 g/mol. The van der Waals surface area contributed by atoms with Gasteiger partial charge in [-0.15, -0.1) is 11.3 Å². The average Bonchev–Trinajstić information content (AvgIpc) is 3.28. The largest absolute Gasteiger partial charge is 0.312 e. The van der Waals surface area contributed by atoms with Gasteiger partial charge in [0.2, 0.25) is 10.0 Å². The summed E-state index contributed by atoms with van der Waals surface area (Å²) in [7, 11) is -3.58. The first-order valence-corrected chi connectivity index (χ1v) is 12.5. The molecule has 2 heterocycles. The second-order valence-corrected chi connectivity index (χ2v) is 11.5. The zero-order valence-electron chi connectivity index (χ0n) is 17.1. The van der Waals surface area contributed by atoms with Crippen molar-refractivity contribution < 1.29 is 13.2 Å². The number of hydrogen-bond acceptors (Lipinski definition) is 5. The fourth-order valence-corrected chi connectivity index (χ4v) is 7.43. The summed E-state index contributed by atoms with van der Waals surface area (Å²) in [5, 5.41) is 12.9. The van der Waals surface area contributed by atoms with Gasteiger partial charge in [-0.25, -0.2) is 8.42 Å². The van der Waals surface area contributed by atoms with Gasteiger partial charge in [-0.1, -0.05) is 13.8 Å². The van der Waals surface area contributed by atoms with Crippen LogP contribution in [0.1, 0.15) is 53.1 Å². The number of hydrogen-bond donors (Lipinski definition) is 1. The number of amides is 1. The van der Waals surface area contributed by atoms with E-state index < -0.39 is 10.0 Å². The predicted molar refractivity (Wildman–Crippen MR) is 117 cm³/mol. The molecule has 0 radical (unpaired) electrons. The Bertz CT molecular complexity index is 1100. The summed E-state index contributed by atoms with van der Waals surface area (Å²) in [6.07, 6.45) is 3.91. The Labute approximate surface area is 181 Å². The number of carbonyl (C=O) groups excluding carboxylic acids is 1. The predicted octanol–water partition coefficient (Wildman–Crippen LogP) is 4.03. The van der Waals surface area contributed by atoms with Crippen molar-refractivity contribution in [1.82, 2.24) is 4.31 Å². The minimum absolute atomic E-state index is 0.202. The van der Waals surface area contributed by atoms with Crippen LogP contribution in [-0.2, 0) is 22.9 Å². The molecule has 1 aliphatic heterocycles. The number of fused-ring (bicyclic) bond motifs is 1. The number of rotatable bonds is 4. The zero-order valence-corrected chi connectivity index (χ0v) is 18.8. The summed E-state index contributed by atoms with van der Waals surface area (Å²) in [4.78, 5) is 14.1. The summed E-state index contributed by atoms with van der Waals surface area (Å²) in [6, 6.07) is 8.27. The number of nitriles is 1. The first kappa shape index (κ1) is 21.0. The summed E-state index contributed by atoms with van der Waals surface area (Å²) >= 11 is 1.47. The van der Waals surface area contributed by atoms with Crippen molar-refractivity contribution in [3.05, 3.63) is 45.8 Å². The van der Waals surface area contributed by atoms with Crippen LogP contribution in [0.15, 0.2) is 29.2 Å². The smallest absolute Gasteiger partial charge is 0.256 e. The number of sulfonamides is 1. The van der Waals surface area contributed by atoms with Crippen molar-refractivity contribution >= 4 is 32.3 Å². The minimum Gasteiger partial charge on any atom is -0.312 e. The lowest BCUT2D eigenvalue weighted by atomic mass is 9.94. The minimum atomic E-state index is -3.58. The number of thiophene rings is 1. The van der Waals surface area contributed by atoms with Gasteiger partial charge in [0.15, 0.2) is 0 Å². The van der Waals surface area contributed by atoms with Crippen LogP contribution >= 0.6 is 11.3 Å². The maximum Gasteiger partial charge on any atom is 0.256 e. The second-order valence-electron chi connectivity index (χ2n) is 8.42. The summed E-state index contributed by atoms with van der Waals surface area (Å²) in [5.74, 6) is 0.321. The van der Waals surface area contributed by atoms with Gasteiger partial charge in [0.05, 0.1) is 10.5 Å². The van der Waals surface area contributed by atoms with E-state index in [1.807, 2.05) is 0 Å². The Morgan fingerprint density at radius 2 is 1.83 bits per heavy atom. The highest BCUT2D eigenvalue weighted by Crippen LogP contribution is 2.38. The van der Waals surface area contributed by atoms with Crippen LogP contribution < -0.4 is 5.32 Å². The number of anilines is 1. The molecule has 0 saturated carbocycles. The fraction of sp³-hybridized carbons (Fsp3) is 0.455. The molecule has 2 atom stereocenters. The van der Waals surface area contributed by atoms with Gasteiger partial charge < -0.3 is 5.32 Å². The number of nitrogens with zero attached hydrogens (tertiary/aromatic N) is 2. The molecule has 1 saturated heterocycles. The maximum atomic E-state index is 13.0. The summed E-state index contributed by atoms with van der Waals surface area (Å²) < 4.78 is 27.6. The molecule has 1 aromatic carbocycles. The third kappa shape index (κ3) is 3.89. The number of carbonyl (C=O) groups is 1. The molecule has 1 fully saturated rings. The van der Waals surface area contributed by atoms with Crippen LogP contribution in [0.4, 0.5) is 5.00 Å². The highest BCUT2D eigenvalue weighted by Gasteiger charge is 2.31. The summed E-state index contributed by atoms with van der Waals surface area (Å²) in [6.45, 7) is 5.19. The molecule has 2 aromatic rings. The van der Waals surface area contributed by atoms with E-state index in [0.717, 1.165) is 31.2 Å². The Morgan fingerprint density at radius 1 is 1.17 bits per heavy atom. The third-order valence-corrected chi connectivity index (χ3v) is 8.90. The van der Waals surface area contributed by atoms with Gasteiger partial charge in [0.1, 0.15) is 11.1 Å². The van der Waals surface area contributed by atoms with Gasteiger partial charge in [0.25, 0.3) is 5.91 Å². The molecule has 4 rings (SSSR count). The Hall–Kier alpha value is -2.21. The van der Waals surface area contributed by atoms with Crippen LogP contribution in [0.25, 0.3) is 0 Å². The normalized spacial score (nSPS) is 21.8. The Balaban J connectivity index is 1.51. The third-order valence-electron chi connectivity index (χ3n) is 5.85. The van der Waals surface area contributed by atoms with Crippen molar-refractivity contribution in [2.75, 3.05) is 18.4 Å². The van der Waals surface area contributed by atoms with E-state index in [9.17, 15) is 18.5 Å². The molecule has 1 aromatic heterocycles. The van der Waals surface area contributed by atoms with E-state index in [2.05, 4.69) is 25.2 Å². The number of benzene rings is 1. The van der Waals surface area contributed by atoms with E-state index in [1.165, 1.54) is 40.5 Å². The zero-order chi connectivity index (χ0) is 21.5. The van der Waals surface area contributed by atoms with E-state index in [4.69, 9.17) is 0 Å². The standard InChI is InChI=1S/C22H25N3O3S2/c1-14-10-15(2)13-25(12-14)30(27,28)17-8-6-16(7-9-17)21(26)24-22-19(11-23)18-4-3-5-20(18)29-22/h6-9,14-15H,3-5,10,12-13H2,1-2H3,(H,24,26)/t14-,15-/m0/s1. The SMILES string of the molecule is C[C@H]1C[C@H](C)CN(S(=O)(=O)c2ccc(C(=O)Nc3sc4c(c3C#N)CCC4)cc2)C1. The van der Waals surface area contributed by atoms with Gasteiger partial charge in [0, 0.05) is 23.5 Å². The lowest BCUT2D eigenvalue weighted by Gasteiger charge is -2.34. The van der Waals surface area contributed by atoms with Crippen molar-refractivity contribution in [2.24, 2.45) is 11.8 Å². The molecule has 1 aliphatic carbocycles. The number of piperidine rings is 1. The van der Waals surface area contributed by atoms with E-state index in [-0.39, 0.29) is 10.8 Å². The van der Waals surface area contributed by atoms with Crippen LogP contribution in [0.5, 0.6) is 0 Å². The molecule has 0 bridgehead atoms.